The van der Waals surface area contributed by atoms with Crippen LogP contribution in [0.3, 0.4) is 0 Å². The lowest BCUT2D eigenvalue weighted by atomic mass is 9.94. The number of sulfonamides is 1. The largest absolute Gasteiger partial charge is 0.483 e. The summed E-state index contributed by atoms with van der Waals surface area (Å²) in [5.74, 6) is 0.749. The van der Waals surface area contributed by atoms with Crippen molar-refractivity contribution in [3.63, 3.8) is 0 Å². The topological polar surface area (TPSA) is 132 Å². The molecule has 10 heteroatoms. The van der Waals surface area contributed by atoms with E-state index in [2.05, 4.69) is 9.88 Å². The highest BCUT2D eigenvalue weighted by Gasteiger charge is 2.27. The van der Waals surface area contributed by atoms with Crippen LogP contribution in [-0.2, 0) is 19.6 Å². The van der Waals surface area contributed by atoms with Crippen molar-refractivity contribution in [2.24, 2.45) is 0 Å². The highest BCUT2D eigenvalue weighted by Crippen LogP contribution is 2.26. The van der Waals surface area contributed by atoms with Gasteiger partial charge < -0.3 is 18.8 Å². The van der Waals surface area contributed by atoms with Gasteiger partial charge in [-0.25, -0.2) is 13.1 Å². The summed E-state index contributed by atoms with van der Waals surface area (Å²) in [5, 5.41) is 10.5. The maximum Gasteiger partial charge on any atom is 0.290 e. The van der Waals surface area contributed by atoms with Crippen LogP contribution in [0.5, 0.6) is 0 Å². The van der Waals surface area contributed by atoms with Crippen LogP contribution in [0.4, 0.5) is 0 Å². The minimum absolute atomic E-state index is 0.0903. The number of nitrogens with one attached hydrogen (secondary N) is 1. The Bertz CT molecular complexity index is 804. The fourth-order valence-electron chi connectivity index (χ4n) is 2.77. The van der Waals surface area contributed by atoms with E-state index in [1.165, 1.54) is 6.07 Å². The Balaban J connectivity index is 0.000000758. The third-order valence-electron chi connectivity index (χ3n) is 4.05. The van der Waals surface area contributed by atoms with Gasteiger partial charge in [-0.3, -0.25) is 4.79 Å². The third-order valence-corrected chi connectivity index (χ3v) is 5.44. The fraction of sp³-hybridized carbons (Fsp3) is 0.500. The van der Waals surface area contributed by atoms with Gasteiger partial charge in [0.2, 0.25) is 10.9 Å². The molecular weight excluding hydrogens is 364 g/mol. The molecule has 3 rings (SSSR count). The van der Waals surface area contributed by atoms with Crippen molar-refractivity contribution in [1.29, 1.82) is 0 Å². The number of methoxy groups -OCH3 is 1. The molecule has 144 valence electrons. The highest BCUT2D eigenvalue weighted by molar-refractivity contribution is 7.89. The lowest BCUT2D eigenvalue weighted by Crippen LogP contribution is -2.38. The SMILES string of the molecule is COC1CCC(NS(=O)(=O)c2ccc(-c3cc(C)no3)o2)CC1.O=CO. The molecule has 0 aromatic carbocycles. The molecule has 0 aliphatic heterocycles. The van der Waals surface area contributed by atoms with Crippen molar-refractivity contribution in [1.82, 2.24) is 9.88 Å². The molecule has 0 radical (unpaired) electrons. The molecule has 2 heterocycles. The summed E-state index contributed by atoms with van der Waals surface area (Å²) in [6.45, 7) is 1.53. The minimum Gasteiger partial charge on any atom is -0.483 e. The van der Waals surface area contributed by atoms with E-state index in [1.807, 2.05) is 0 Å². The summed E-state index contributed by atoms with van der Waals surface area (Å²) in [6.07, 6.45) is 3.44. The number of hydrogen-bond acceptors (Lipinski definition) is 7. The standard InChI is InChI=1S/C15H20N2O5S.CH2O2/c1-10-9-14(22-16-10)13-7-8-15(21-13)23(18,19)17-11-3-5-12(20-2)6-4-11;2-1-3/h7-9,11-12,17H,3-6H2,1-2H3;1H,(H,2,3). The Kier molecular flexibility index (Phi) is 6.95. The van der Waals surface area contributed by atoms with Gasteiger partial charge in [-0.2, -0.15) is 0 Å². The predicted octanol–water partition coefficient (Wildman–Crippen LogP) is 2.18. The summed E-state index contributed by atoms with van der Waals surface area (Å²) < 4.78 is 43.3. The molecule has 1 aliphatic carbocycles. The van der Waals surface area contributed by atoms with E-state index in [9.17, 15) is 8.42 Å². The number of carbonyl (C=O) groups is 1. The molecule has 9 nitrogen and oxygen atoms in total. The van der Waals surface area contributed by atoms with Crippen LogP contribution in [0.1, 0.15) is 31.4 Å². The van der Waals surface area contributed by atoms with Gasteiger partial charge in [0.25, 0.3) is 16.5 Å². The van der Waals surface area contributed by atoms with Crippen LogP contribution in [-0.4, -0.2) is 44.4 Å². The zero-order valence-corrected chi connectivity index (χ0v) is 15.4. The normalized spacial score (nSPS) is 20.2. The smallest absolute Gasteiger partial charge is 0.290 e. The number of hydrogen-bond donors (Lipinski definition) is 2. The summed E-state index contributed by atoms with van der Waals surface area (Å²) in [4.78, 5) is 8.36. The maximum atomic E-state index is 12.4. The Morgan fingerprint density at radius 1 is 1.27 bits per heavy atom. The number of furan rings is 1. The molecule has 0 unspecified atom stereocenters. The summed E-state index contributed by atoms with van der Waals surface area (Å²) in [5.41, 5.74) is 0.703. The van der Waals surface area contributed by atoms with Crippen molar-refractivity contribution in [3.05, 3.63) is 23.9 Å². The van der Waals surface area contributed by atoms with Gasteiger partial charge in [-0.05, 0) is 44.7 Å². The van der Waals surface area contributed by atoms with Gasteiger partial charge >= 0.3 is 0 Å². The van der Waals surface area contributed by atoms with Gasteiger partial charge in [0, 0.05) is 19.2 Å². The molecule has 2 aromatic rings. The highest BCUT2D eigenvalue weighted by atomic mass is 32.2. The first-order valence-corrected chi connectivity index (χ1v) is 9.54. The lowest BCUT2D eigenvalue weighted by molar-refractivity contribution is -0.122. The molecule has 0 atom stereocenters. The number of ether oxygens (including phenoxy) is 1. The van der Waals surface area contributed by atoms with Crippen molar-refractivity contribution in [2.75, 3.05) is 7.11 Å². The number of rotatable bonds is 5. The Hall–Kier alpha value is -2.17. The third kappa shape index (κ3) is 5.16. The van der Waals surface area contributed by atoms with Gasteiger partial charge in [0.15, 0.2) is 5.76 Å². The quantitative estimate of drug-likeness (QED) is 0.747. The molecule has 2 N–H and O–H groups in total. The second-order valence-electron chi connectivity index (χ2n) is 5.89. The monoisotopic (exact) mass is 386 g/mol. The van der Waals surface area contributed by atoms with Crippen LogP contribution < -0.4 is 4.72 Å². The van der Waals surface area contributed by atoms with Crippen molar-refractivity contribution >= 4 is 16.5 Å². The average molecular weight is 386 g/mol. The van der Waals surface area contributed by atoms with Crippen LogP contribution in [0.25, 0.3) is 11.5 Å². The first-order valence-electron chi connectivity index (χ1n) is 8.06. The molecule has 1 fully saturated rings. The van der Waals surface area contributed by atoms with Crippen LogP contribution >= 0.6 is 0 Å². The van der Waals surface area contributed by atoms with E-state index >= 15 is 0 Å². The van der Waals surface area contributed by atoms with Crippen LogP contribution in [0.2, 0.25) is 0 Å². The van der Waals surface area contributed by atoms with E-state index in [0.29, 0.717) is 17.2 Å². The van der Waals surface area contributed by atoms with E-state index < -0.39 is 10.0 Å². The van der Waals surface area contributed by atoms with Crippen molar-refractivity contribution in [2.45, 2.75) is 49.8 Å². The summed E-state index contributed by atoms with van der Waals surface area (Å²) in [6, 6.07) is 4.59. The van der Waals surface area contributed by atoms with Gasteiger partial charge in [0.05, 0.1) is 11.8 Å². The van der Waals surface area contributed by atoms with E-state index in [4.69, 9.17) is 23.6 Å². The maximum absolute atomic E-state index is 12.4. The second-order valence-corrected chi connectivity index (χ2v) is 7.53. The number of aryl methyl sites for hydroxylation is 1. The lowest BCUT2D eigenvalue weighted by Gasteiger charge is -2.27. The first-order chi connectivity index (χ1) is 12.4. The minimum atomic E-state index is -3.68. The Morgan fingerprint density at radius 3 is 2.46 bits per heavy atom. The molecule has 0 bridgehead atoms. The zero-order chi connectivity index (χ0) is 19.2. The summed E-state index contributed by atoms with van der Waals surface area (Å²) >= 11 is 0. The van der Waals surface area contributed by atoms with E-state index in [1.54, 1.807) is 26.2 Å². The molecular formula is C16H22N2O7S. The Labute approximate surface area is 151 Å². The molecule has 0 spiro atoms. The summed E-state index contributed by atoms with van der Waals surface area (Å²) in [7, 11) is -2.00. The van der Waals surface area contributed by atoms with Crippen LogP contribution in [0.15, 0.2) is 32.2 Å². The number of nitrogens with zero attached hydrogens (tertiary/aromatic N) is 1. The van der Waals surface area contributed by atoms with E-state index in [-0.39, 0.29) is 23.7 Å². The molecule has 1 aliphatic rings. The van der Waals surface area contributed by atoms with E-state index in [0.717, 1.165) is 25.7 Å². The molecule has 1 saturated carbocycles. The molecule has 0 amide bonds. The second kappa shape index (κ2) is 8.97. The van der Waals surface area contributed by atoms with Crippen LogP contribution in [0, 0.1) is 6.92 Å². The molecule has 0 saturated heterocycles. The van der Waals surface area contributed by atoms with Gasteiger partial charge in [-0.15, -0.1) is 0 Å². The van der Waals surface area contributed by atoms with Gasteiger partial charge in [0.1, 0.15) is 0 Å². The zero-order valence-electron chi connectivity index (χ0n) is 14.5. The molecule has 26 heavy (non-hydrogen) atoms. The van der Waals surface area contributed by atoms with Crippen molar-refractivity contribution in [3.8, 4) is 11.5 Å². The van der Waals surface area contributed by atoms with Crippen molar-refractivity contribution < 1.29 is 32.0 Å². The molecule has 2 aromatic heterocycles. The Morgan fingerprint density at radius 2 is 1.92 bits per heavy atom. The first kappa shape index (κ1) is 20.1. The predicted molar refractivity (Wildman–Crippen MR) is 91.0 cm³/mol. The fourth-order valence-corrected chi connectivity index (χ4v) is 4.01. The number of carboxylic acid groups (broad SMARTS) is 1. The average Bonchev–Trinajstić information content (AvgIpc) is 3.25. The number of aromatic nitrogens is 1. The van der Waals surface area contributed by atoms with Gasteiger partial charge in [-0.1, -0.05) is 5.16 Å².